The number of hydrogen-bond acceptors (Lipinski definition) is 3. The van der Waals surface area contributed by atoms with E-state index in [4.69, 9.17) is 0 Å². The summed E-state index contributed by atoms with van der Waals surface area (Å²) in [6.45, 7) is 0.718. The predicted octanol–water partition coefficient (Wildman–Crippen LogP) is 3.27. The smallest absolute Gasteiger partial charge is 0.346 e. The number of nitrogens with one attached hydrogen (secondary N) is 1. The van der Waals surface area contributed by atoms with E-state index in [0.717, 1.165) is 24.8 Å². The van der Waals surface area contributed by atoms with Crippen molar-refractivity contribution in [3.8, 4) is 11.4 Å². The fourth-order valence-electron chi connectivity index (χ4n) is 4.05. The van der Waals surface area contributed by atoms with Gasteiger partial charge in [-0.3, -0.25) is 9.36 Å². The predicted molar refractivity (Wildman–Crippen MR) is 104 cm³/mol. The quantitative estimate of drug-likeness (QED) is 0.757. The second kappa shape index (κ2) is 8.29. The van der Waals surface area contributed by atoms with Gasteiger partial charge in [-0.05, 0) is 49.4 Å². The molecule has 2 aromatic rings. The number of halogens is 1. The molecule has 6 nitrogen and oxygen atoms in total. The third-order valence-electron chi connectivity index (χ3n) is 5.79. The van der Waals surface area contributed by atoms with Crippen molar-refractivity contribution in [2.75, 3.05) is 6.54 Å². The first-order valence-corrected chi connectivity index (χ1v) is 10.3. The summed E-state index contributed by atoms with van der Waals surface area (Å²) in [6.07, 6.45) is 8.48. The van der Waals surface area contributed by atoms with Gasteiger partial charge in [-0.2, -0.15) is 0 Å². The van der Waals surface area contributed by atoms with Crippen molar-refractivity contribution in [1.82, 2.24) is 19.7 Å². The summed E-state index contributed by atoms with van der Waals surface area (Å²) in [5.41, 5.74) is 0.562. The molecule has 28 heavy (non-hydrogen) atoms. The molecule has 0 spiro atoms. The van der Waals surface area contributed by atoms with Gasteiger partial charge < -0.3 is 5.32 Å². The Balaban J connectivity index is 1.38. The van der Waals surface area contributed by atoms with Crippen LogP contribution in [0.15, 0.2) is 29.1 Å². The molecule has 1 heterocycles. The standard InChI is InChI=1S/C21H27FN4O2/c22-17-8-6-16(7-9-17)20-24-25(21(28)26(20)18-10-11-18)14-13-23-19(27)12-5-15-3-1-2-4-15/h6-9,15,18H,1-5,10-14H2,(H,23,27). The molecular weight excluding hydrogens is 359 g/mol. The van der Waals surface area contributed by atoms with E-state index in [1.54, 1.807) is 16.7 Å². The van der Waals surface area contributed by atoms with Crippen LogP contribution in [-0.2, 0) is 11.3 Å². The number of carbonyl (C=O) groups is 1. The Bertz CT molecular complexity index is 877. The van der Waals surface area contributed by atoms with E-state index < -0.39 is 0 Å². The molecule has 0 aliphatic heterocycles. The first kappa shape index (κ1) is 18.9. The molecule has 0 bridgehead atoms. The molecule has 7 heteroatoms. The van der Waals surface area contributed by atoms with Crippen LogP contribution in [0.2, 0.25) is 0 Å². The Morgan fingerprint density at radius 2 is 1.86 bits per heavy atom. The lowest BCUT2D eigenvalue weighted by molar-refractivity contribution is -0.121. The van der Waals surface area contributed by atoms with Crippen molar-refractivity contribution in [2.24, 2.45) is 5.92 Å². The highest BCUT2D eigenvalue weighted by molar-refractivity contribution is 5.75. The molecule has 2 fully saturated rings. The van der Waals surface area contributed by atoms with E-state index in [1.165, 1.54) is 42.5 Å². The zero-order chi connectivity index (χ0) is 19.5. The number of hydrogen-bond donors (Lipinski definition) is 1. The number of nitrogens with zero attached hydrogens (tertiary/aromatic N) is 3. The summed E-state index contributed by atoms with van der Waals surface area (Å²) in [5.74, 6) is 0.991. The number of amides is 1. The van der Waals surface area contributed by atoms with Crippen molar-refractivity contribution in [3.05, 3.63) is 40.6 Å². The monoisotopic (exact) mass is 386 g/mol. The maximum atomic E-state index is 13.2. The normalized spacial score (nSPS) is 17.2. The molecule has 1 aromatic carbocycles. The van der Waals surface area contributed by atoms with Gasteiger partial charge in [-0.1, -0.05) is 25.7 Å². The van der Waals surface area contributed by atoms with E-state index in [-0.39, 0.29) is 23.5 Å². The Labute approximate surface area is 163 Å². The summed E-state index contributed by atoms with van der Waals surface area (Å²) in [4.78, 5) is 24.8. The Kier molecular flexibility index (Phi) is 5.59. The van der Waals surface area contributed by atoms with Crippen LogP contribution in [0.3, 0.4) is 0 Å². The Morgan fingerprint density at radius 1 is 1.14 bits per heavy atom. The highest BCUT2D eigenvalue weighted by atomic mass is 19.1. The summed E-state index contributed by atoms with van der Waals surface area (Å²) >= 11 is 0. The van der Waals surface area contributed by atoms with Crippen LogP contribution in [0.25, 0.3) is 11.4 Å². The third-order valence-corrected chi connectivity index (χ3v) is 5.79. The van der Waals surface area contributed by atoms with Crippen LogP contribution in [0.5, 0.6) is 0 Å². The van der Waals surface area contributed by atoms with Crippen LogP contribution in [0.1, 0.15) is 57.4 Å². The van der Waals surface area contributed by atoms with Crippen LogP contribution in [0.4, 0.5) is 4.39 Å². The van der Waals surface area contributed by atoms with Crippen LogP contribution < -0.4 is 11.0 Å². The molecule has 0 radical (unpaired) electrons. The van der Waals surface area contributed by atoms with Gasteiger partial charge in [0.25, 0.3) is 0 Å². The zero-order valence-electron chi connectivity index (χ0n) is 16.1. The van der Waals surface area contributed by atoms with Gasteiger partial charge in [-0.15, -0.1) is 5.10 Å². The molecule has 2 aliphatic carbocycles. The molecule has 1 N–H and O–H groups in total. The molecule has 0 saturated heterocycles. The molecule has 0 unspecified atom stereocenters. The van der Waals surface area contributed by atoms with Crippen LogP contribution in [-0.4, -0.2) is 26.8 Å². The van der Waals surface area contributed by atoms with E-state index in [1.807, 2.05) is 0 Å². The topological polar surface area (TPSA) is 68.9 Å². The van der Waals surface area contributed by atoms with Crippen molar-refractivity contribution in [1.29, 1.82) is 0 Å². The molecule has 150 valence electrons. The average molecular weight is 386 g/mol. The van der Waals surface area contributed by atoms with E-state index >= 15 is 0 Å². The SMILES string of the molecule is O=C(CCC1CCCC1)NCCn1nc(-c2ccc(F)cc2)n(C2CC2)c1=O. The lowest BCUT2D eigenvalue weighted by atomic mass is 10.0. The minimum Gasteiger partial charge on any atom is -0.354 e. The first-order chi connectivity index (χ1) is 13.6. The van der Waals surface area contributed by atoms with Crippen molar-refractivity contribution >= 4 is 5.91 Å². The van der Waals surface area contributed by atoms with Gasteiger partial charge in [0.15, 0.2) is 5.82 Å². The van der Waals surface area contributed by atoms with Crippen molar-refractivity contribution in [2.45, 2.75) is 64.0 Å². The summed E-state index contributed by atoms with van der Waals surface area (Å²) in [7, 11) is 0. The maximum absolute atomic E-state index is 13.2. The molecule has 4 rings (SSSR count). The number of aromatic nitrogens is 3. The van der Waals surface area contributed by atoms with E-state index in [2.05, 4.69) is 10.4 Å². The highest BCUT2D eigenvalue weighted by Gasteiger charge is 2.30. The molecular formula is C21H27FN4O2. The van der Waals surface area contributed by atoms with Gasteiger partial charge in [0.05, 0.1) is 6.54 Å². The fraction of sp³-hybridized carbons (Fsp3) is 0.571. The number of benzene rings is 1. The van der Waals surface area contributed by atoms with Gasteiger partial charge in [0, 0.05) is 24.6 Å². The molecule has 1 amide bonds. The van der Waals surface area contributed by atoms with E-state index in [0.29, 0.717) is 31.3 Å². The summed E-state index contributed by atoms with van der Waals surface area (Å²) in [6, 6.07) is 6.21. The molecule has 2 saturated carbocycles. The van der Waals surface area contributed by atoms with Crippen LogP contribution in [0, 0.1) is 11.7 Å². The summed E-state index contributed by atoms with van der Waals surface area (Å²) < 4.78 is 16.3. The molecule has 1 aromatic heterocycles. The Hall–Kier alpha value is -2.44. The van der Waals surface area contributed by atoms with Crippen LogP contribution >= 0.6 is 0 Å². The molecule has 0 atom stereocenters. The largest absolute Gasteiger partial charge is 0.354 e. The second-order valence-corrected chi connectivity index (χ2v) is 7.98. The lowest BCUT2D eigenvalue weighted by Crippen LogP contribution is -2.32. The summed E-state index contributed by atoms with van der Waals surface area (Å²) in [5, 5.41) is 7.38. The fourth-order valence-corrected chi connectivity index (χ4v) is 4.05. The number of rotatable bonds is 8. The minimum absolute atomic E-state index is 0.0420. The first-order valence-electron chi connectivity index (χ1n) is 10.3. The average Bonchev–Trinajstić information content (AvgIpc) is 3.28. The lowest BCUT2D eigenvalue weighted by Gasteiger charge is -2.08. The van der Waals surface area contributed by atoms with Gasteiger partial charge in [0.2, 0.25) is 5.91 Å². The van der Waals surface area contributed by atoms with Crippen molar-refractivity contribution < 1.29 is 9.18 Å². The Morgan fingerprint density at radius 3 is 2.54 bits per heavy atom. The minimum atomic E-state index is -0.316. The third kappa shape index (κ3) is 4.34. The van der Waals surface area contributed by atoms with E-state index in [9.17, 15) is 14.0 Å². The molecule has 2 aliphatic rings. The second-order valence-electron chi connectivity index (χ2n) is 7.98. The van der Waals surface area contributed by atoms with Gasteiger partial charge in [0.1, 0.15) is 5.82 Å². The highest BCUT2D eigenvalue weighted by Crippen LogP contribution is 2.36. The van der Waals surface area contributed by atoms with Crippen molar-refractivity contribution in [3.63, 3.8) is 0 Å². The zero-order valence-corrected chi connectivity index (χ0v) is 16.1. The maximum Gasteiger partial charge on any atom is 0.346 e. The van der Waals surface area contributed by atoms with Gasteiger partial charge >= 0.3 is 5.69 Å². The number of carbonyl (C=O) groups excluding carboxylic acids is 1. The van der Waals surface area contributed by atoms with Gasteiger partial charge in [-0.25, -0.2) is 13.9 Å².